The summed E-state index contributed by atoms with van der Waals surface area (Å²) in [4.78, 5) is 34.5. The summed E-state index contributed by atoms with van der Waals surface area (Å²) < 4.78 is 1.96. The average Bonchev–Trinajstić information content (AvgIpc) is 3.26. The summed E-state index contributed by atoms with van der Waals surface area (Å²) in [5.74, 6) is 0.639. The van der Waals surface area contributed by atoms with Gasteiger partial charge in [-0.25, -0.2) is 4.98 Å². The lowest BCUT2D eigenvalue weighted by molar-refractivity contribution is -0.139. The monoisotopic (exact) mass is 395 g/mol. The molecule has 1 aromatic carbocycles. The third kappa shape index (κ3) is 3.55. The van der Waals surface area contributed by atoms with Crippen molar-refractivity contribution in [3.05, 3.63) is 47.0 Å². The molecule has 1 aromatic heterocycles. The molecule has 3 heterocycles. The van der Waals surface area contributed by atoms with Gasteiger partial charge in [-0.05, 0) is 31.9 Å². The van der Waals surface area contributed by atoms with Crippen LogP contribution in [-0.4, -0.2) is 52.4 Å². The van der Waals surface area contributed by atoms with Crippen LogP contribution in [0.15, 0.2) is 24.5 Å². The van der Waals surface area contributed by atoms with Crippen LogP contribution < -0.4 is 10.2 Å². The summed E-state index contributed by atoms with van der Waals surface area (Å²) in [6.07, 6.45) is 3.93. The molecule has 0 spiro atoms. The van der Waals surface area contributed by atoms with Gasteiger partial charge in [0.1, 0.15) is 11.9 Å². The number of amides is 2. The lowest BCUT2D eigenvalue weighted by Crippen LogP contribution is -2.51. The van der Waals surface area contributed by atoms with Gasteiger partial charge in [-0.3, -0.25) is 9.59 Å². The molecule has 154 valence electrons. The van der Waals surface area contributed by atoms with Crippen molar-refractivity contribution < 1.29 is 9.59 Å². The van der Waals surface area contributed by atoms with Crippen molar-refractivity contribution in [3.63, 3.8) is 0 Å². The molecule has 0 radical (unpaired) electrons. The van der Waals surface area contributed by atoms with Gasteiger partial charge in [-0.1, -0.05) is 17.7 Å². The van der Waals surface area contributed by atoms with E-state index in [9.17, 15) is 9.59 Å². The second-order valence-electron chi connectivity index (χ2n) is 8.30. The Bertz CT molecular complexity index is 927. The highest BCUT2D eigenvalue weighted by Crippen LogP contribution is 2.33. The van der Waals surface area contributed by atoms with Gasteiger partial charge in [-0.15, -0.1) is 0 Å². The molecule has 2 aliphatic heterocycles. The number of aryl methyl sites for hydroxylation is 4. The highest BCUT2D eigenvalue weighted by atomic mass is 16.2. The van der Waals surface area contributed by atoms with Crippen LogP contribution in [0.5, 0.6) is 0 Å². The molecule has 2 saturated heterocycles. The maximum Gasteiger partial charge on any atom is 0.228 e. The largest absolute Gasteiger partial charge is 0.336 e. The summed E-state index contributed by atoms with van der Waals surface area (Å²) in [5, 5.41) is 3.36. The first kappa shape index (κ1) is 19.6. The number of hydrogen-bond donors (Lipinski definition) is 1. The number of rotatable bonds is 3. The van der Waals surface area contributed by atoms with Crippen LogP contribution in [0.4, 0.5) is 5.69 Å². The van der Waals surface area contributed by atoms with Gasteiger partial charge < -0.3 is 19.7 Å². The maximum atomic E-state index is 13.4. The first-order valence-corrected chi connectivity index (χ1v) is 10.2. The molecule has 0 saturated carbocycles. The van der Waals surface area contributed by atoms with Crippen LogP contribution in [0.25, 0.3) is 0 Å². The van der Waals surface area contributed by atoms with Gasteiger partial charge in [-0.2, -0.15) is 0 Å². The second kappa shape index (κ2) is 7.63. The average molecular weight is 396 g/mol. The molecule has 7 nitrogen and oxygen atoms in total. The number of imidazole rings is 1. The number of hydrogen-bond acceptors (Lipinski definition) is 4. The number of anilines is 1. The number of benzene rings is 1. The van der Waals surface area contributed by atoms with E-state index in [4.69, 9.17) is 0 Å². The van der Waals surface area contributed by atoms with Crippen molar-refractivity contribution in [2.45, 2.75) is 33.2 Å². The molecule has 7 heteroatoms. The smallest absolute Gasteiger partial charge is 0.228 e. The molecule has 0 bridgehead atoms. The summed E-state index contributed by atoms with van der Waals surface area (Å²) in [6.45, 7) is 8.63. The van der Waals surface area contributed by atoms with E-state index < -0.39 is 0 Å². The molecule has 2 fully saturated rings. The van der Waals surface area contributed by atoms with Crippen LogP contribution in [0.2, 0.25) is 0 Å². The minimum absolute atomic E-state index is 0.0297. The Kier molecular flexibility index (Phi) is 5.17. The molecule has 2 unspecified atom stereocenters. The van der Waals surface area contributed by atoms with Crippen molar-refractivity contribution in [3.8, 4) is 0 Å². The Morgan fingerprint density at radius 2 is 1.93 bits per heavy atom. The van der Waals surface area contributed by atoms with Gasteiger partial charge in [0.2, 0.25) is 11.8 Å². The number of aromatic nitrogens is 2. The Morgan fingerprint density at radius 3 is 2.59 bits per heavy atom. The minimum Gasteiger partial charge on any atom is -0.336 e. The van der Waals surface area contributed by atoms with Crippen LogP contribution in [-0.2, 0) is 16.6 Å². The molecule has 4 rings (SSSR count). The third-order valence-electron chi connectivity index (χ3n) is 6.06. The fourth-order valence-electron chi connectivity index (χ4n) is 4.82. The van der Waals surface area contributed by atoms with Gasteiger partial charge >= 0.3 is 0 Å². The summed E-state index contributed by atoms with van der Waals surface area (Å²) in [6, 6.07) is 4.08. The zero-order valence-electron chi connectivity index (χ0n) is 17.6. The van der Waals surface area contributed by atoms with Crippen LogP contribution in [0, 0.1) is 26.7 Å². The van der Waals surface area contributed by atoms with E-state index >= 15 is 0 Å². The van der Waals surface area contributed by atoms with E-state index in [0.717, 1.165) is 29.2 Å². The van der Waals surface area contributed by atoms with Gasteiger partial charge in [0.15, 0.2) is 0 Å². The normalized spacial score (nSPS) is 22.4. The summed E-state index contributed by atoms with van der Waals surface area (Å²) in [5.41, 5.74) is 4.30. The Morgan fingerprint density at radius 1 is 1.21 bits per heavy atom. The van der Waals surface area contributed by atoms with Crippen LogP contribution >= 0.6 is 0 Å². The quantitative estimate of drug-likeness (QED) is 0.861. The number of nitrogens with zero attached hydrogens (tertiary/aromatic N) is 4. The first-order valence-electron chi connectivity index (χ1n) is 10.2. The predicted molar refractivity (Wildman–Crippen MR) is 112 cm³/mol. The molecule has 2 aliphatic rings. The van der Waals surface area contributed by atoms with Crippen molar-refractivity contribution in [1.82, 2.24) is 19.8 Å². The lowest BCUT2D eigenvalue weighted by atomic mass is 10.0. The summed E-state index contributed by atoms with van der Waals surface area (Å²) in [7, 11) is 1.95. The van der Waals surface area contributed by atoms with Gasteiger partial charge in [0, 0.05) is 57.7 Å². The maximum absolute atomic E-state index is 13.4. The first-order chi connectivity index (χ1) is 13.9. The third-order valence-corrected chi connectivity index (χ3v) is 6.06. The molecule has 0 aliphatic carbocycles. The van der Waals surface area contributed by atoms with E-state index in [0.29, 0.717) is 19.6 Å². The van der Waals surface area contributed by atoms with E-state index in [1.54, 1.807) is 6.20 Å². The second-order valence-corrected chi connectivity index (χ2v) is 8.30. The topological polar surface area (TPSA) is 70.5 Å². The predicted octanol–water partition coefficient (Wildman–Crippen LogP) is 1.87. The molecule has 2 aromatic rings. The fourth-order valence-corrected chi connectivity index (χ4v) is 4.82. The van der Waals surface area contributed by atoms with Gasteiger partial charge in [0.25, 0.3) is 0 Å². The zero-order valence-corrected chi connectivity index (χ0v) is 17.6. The lowest BCUT2D eigenvalue weighted by Gasteiger charge is -2.37. The van der Waals surface area contributed by atoms with Crippen molar-refractivity contribution in [1.29, 1.82) is 0 Å². The number of carbonyl (C=O) groups is 2. The van der Waals surface area contributed by atoms with E-state index in [1.165, 1.54) is 5.56 Å². The minimum atomic E-state index is -0.316. The van der Waals surface area contributed by atoms with Crippen LogP contribution in [0.1, 0.15) is 35.0 Å². The number of piperazine rings is 1. The SMILES string of the molecule is Cc1cc(C)c(N2CC(C(=O)N3CCNCC3c3nccn3C)CC2=O)c(C)c1. The molecule has 2 amide bonds. The highest BCUT2D eigenvalue weighted by Gasteiger charge is 2.41. The van der Waals surface area contributed by atoms with Crippen molar-refractivity contribution in [2.24, 2.45) is 13.0 Å². The fraction of sp³-hybridized carbons (Fsp3) is 0.500. The van der Waals surface area contributed by atoms with E-state index in [2.05, 4.69) is 29.4 Å². The Hall–Kier alpha value is -2.67. The van der Waals surface area contributed by atoms with Crippen LogP contribution in [0.3, 0.4) is 0 Å². The Labute approximate surface area is 171 Å². The molecule has 1 N–H and O–H groups in total. The van der Waals surface area contributed by atoms with E-state index in [-0.39, 0.29) is 30.2 Å². The Balaban J connectivity index is 1.57. The standard InChI is InChI=1S/C22H29N5O2/c1-14-9-15(2)20(16(3)10-14)27-13-17(11-19(27)28)22(29)26-8-5-23-12-18(26)21-24-6-7-25(21)4/h6-7,9-10,17-18,23H,5,8,11-13H2,1-4H3. The molecule has 2 atom stereocenters. The van der Waals surface area contributed by atoms with Crippen molar-refractivity contribution >= 4 is 17.5 Å². The highest BCUT2D eigenvalue weighted by molar-refractivity contribution is 6.01. The van der Waals surface area contributed by atoms with E-state index in [1.807, 2.05) is 41.5 Å². The molecule has 29 heavy (non-hydrogen) atoms. The van der Waals surface area contributed by atoms with Crippen molar-refractivity contribution in [2.75, 3.05) is 31.1 Å². The molecular formula is C22H29N5O2. The number of carbonyl (C=O) groups excluding carboxylic acids is 2. The van der Waals surface area contributed by atoms with Gasteiger partial charge in [0.05, 0.1) is 5.92 Å². The molecular weight excluding hydrogens is 366 g/mol. The zero-order chi connectivity index (χ0) is 20.7. The number of nitrogens with one attached hydrogen (secondary N) is 1. The summed E-state index contributed by atoms with van der Waals surface area (Å²) >= 11 is 0.